The minimum Gasteiger partial charge on any atom is -0.508 e. The van der Waals surface area contributed by atoms with Gasteiger partial charge in [0.05, 0.1) is 18.2 Å². The molecule has 2 saturated heterocycles. The van der Waals surface area contributed by atoms with Crippen LogP contribution in [0.4, 0.5) is 0 Å². The van der Waals surface area contributed by atoms with Crippen molar-refractivity contribution < 1.29 is 19.8 Å². The number of fused-ring (bicyclic) bond motifs is 1. The van der Waals surface area contributed by atoms with Gasteiger partial charge in [-0.3, -0.25) is 14.5 Å². The second-order valence-electron chi connectivity index (χ2n) is 11.7. The van der Waals surface area contributed by atoms with Crippen molar-refractivity contribution in [3.05, 3.63) is 65.2 Å². The molecule has 0 bridgehead atoms. The van der Waals surface area contributed by atoms with E-state index < -0.39 is 12.1 Å². The van der Waals surface area contributed by atoms with E-state index in [0.717, 1.165) is 30.7 Å². The second kappa shape index (κ2) is 12.1. The number of aliphatic hydroxyl groups is 1. The molecule has 8 heteroatoms. The summed E-state index contributed by atoms with van der Waals surface area (Å²) in [6.45, 7) is 8.69. The number of rotatable bonds is 8. The number of likely N-dealkylation sites (tertiary alicyclic amines) is 1. The van der Waals surface area contributed by atoms with Crippen molar-refractivity contribution >= 4 is 23.6 Å². The Bertz CT molecular complexity index is 1120. The first-order chi connectivity index (χ1) is 18.0. The van der Waals surface area contributed by atoms with Gasteiger partial charge in [-0.25, -0.2) is 0 Å². The number of carbonyl (C=O) groups excluding carboxylic acids is 2. The number of amides is 2. The molecule has 4 N–H and O–H groups in total. The van der Waals surface area contributed by atoms with Crippen LogP contribution < -0.4 is 10.6 Å². The number of hydrogen-bond donors (Lipinski definition) is 4. The Labute approximate surface area is 230 Å². The van der Waals surface area contributed by atoms with Gasteiger partial charge in [0.2, 0.25) is 5.91 Å². The first-order valence-corrected chi connectivity index (χ1v) is 14.6. The van der Waals surface area contributed by atoms with E-state index in [9.17, 15) is 19.8 Å². The van der Waals surface area contributed by atoms with Gasteiger partial charge in [0, 0.05) is 35.0 Å². The van der Waals surface area contributed by atoms with Crippen LogP contribution in [0.2, 0.25) is 0 Å². The summed E-state index contributed by atoms with van der Waals surface area (Å²) in [6.07, 6.45) is 1.44. The molecule has 2 amide bonds. The highest BCUT2D eigenvalue weighted by Crippen LogP contribution is 2.40. The number of nitrogens with one attached hydrogen (secondary N) is 2. The molecule has 0 saturated carbocycles. The molecule has 2 fully saturated rings. The number of β-amino-alcohol motifs (C(OH)–C–C–N with tert-alkyl or cyclic N) is 1. The first kappa shape index (κ1) is 28.5. The molecule has 2 aromatic rings. The number of aromatic hydroxyl groups is 1. The van der Waals surface area contributed by atoms with Crippen LogP contribution in [0.25, 0.3) is 0 Å². The smallest absolute Gasteiger partial charge is 0.252 e. The van der Waals surface area contributed by atoms with E-state index in [1.54, 1.807) is 25.1 Å². The predicted octanol–water partition coefficient (Wildman–Crippen LogP) is 3.51. The first-order valence-electron chi connectivity index (χ1n) is 13.5. The summed E-state index contributed by atoms with van der Waals surface area (Å²) >= 11 is 1.96. The van der Waals surface area contributed by atoms with Gasteiger partial charge >= 0.3 is 0 Å². The molecule has 0 aliphatic carbocycles. The zero-order valence-electron chi connectivity index (χ0n) is 22.8. The van der Waals surface area contributed by atoms with Crippen LogP contribution in [0.15, 0.2) is 48.5 Å². The van der Waals surface area contributed by atoms with Crippen LogP contribution in [-0.4, -0.2) is 74.7 Å². The molecule has 0 spiro atoms. The molecule has 38 heavy (non-hydrogen) atoms. The number of thioether (sulfide) groups is 1. The summed E-state index contributed by atoms with van der Waals surface area (Å²) in [5.41, 5.74) is 1.53. The SMILES string of the molecule is Cc1c(O)cccc1C(=O)N[C@@H](Cc1ccccc1)[C@H](O)CN1C[C@H]2CCS[C@H]2C[C@H]1C(=O)NC(C)(C)C. The Balaban J connectivity index is 1.55. The third-order valence-electron chi connectivity index (χ3n) is 7.56. The molecule has 7 nitrogen and oxygen atoms in total. The molecule has 2 aliphatic rings. The molecular weight excluding hydrogens is 498 g/mol. The van der Waals surface area contributed by atoms with Crippen molar-refractivity contribution in [2.45, 2.75) is 75.9 Å². The van der Waals surface area contributed by atoms with Crippen LogP contribution >= 0.6 is 11.8 Å². The Morgan fingerprint density at radius 3 is 2.58 bits per heavy atom. The normalized spacial score (nSPS) is 23.3. The van der Waals surface area contributed by atoms with Crippen molar-refractivity contribution in [2.75, 3.05) is 18.8 Å². The molecule has 206 valence electrons. The molecule has 5 atom stereocenters. The summed E-state index contributed by atoms with van der Waals surface area (Å²) in [7, 11) is 0. The third kappa shape index (κ3) is 7.10. The summed E-state index contributed by atoms with van der Waals surface area (Å²) in [5.74, 6) is 1.32. The van der Waals surface area contributed by atoms with Gasteiger partial charge in [0.25, 0.3) is 5.91 Å². The highest BCUT2D eigenvalue weighted by atomic mass is 32.2. The molecule has 0 aromatic heterocycles. The lowest BCUT2D eigenvalue weighted by Gasteiger charge is -2.43. The third-order valence-corrected chi connectivity index (χ3v) is 9.04. The summed E-state index contributed by atoms with van der Waals surface area (Å²) in [4.78, 5) is 28.8. The van der Waals surface area contributed by atoms with Crippen LogP contribution in [0.5, 0.6) is 5.75 Å². The largest absolute Gasteiger partial charge is 0.508 e. The van der Waals surface area contributed by atoms with E-state index in [-0.39, 0.29) is 35.7 Å². The van der Waals surface area contributed by atoms with E-state index in [1.165, 1.54) is 0 Å². The fraction of sp³-hybridized carbons (Fsp3) is 0.533. The lowest BCUT2D eigenvalue weighted by Crippen LogP contribution is -2.60. The molecule has 2 heterocycles. The molecule has 0 unspecified atom stereocenters. The maximum atomic E-state index is 13.4. The molecule has 0 radical (unpaired) electrons. The fourth-order valence-corrected chi connectivity index (χ4v) is 7.08. The summed E-state index contributed by atoms with van der Waals surface area (Å²) in [6, 6.07) is 13.7. The minimum absolute atomic E-state index is 0.00493. The van der Waals surface area contributed by atoms with Gasteiger partial charge in [0.15, 0.2) is 0 Å². The van der Waals surface area contributed by atoms with Crippen molar-refractivity contribution in [1.29, 1.82) is 0 Å². The maximum absolute atomic E-state index is 13.4. The lowest BCUT2D eigenvalue weighted by atomic mass is 9.89. The summed E-state index contributed by atoms with van der Waals surface area (Å²) in [5, 5.41) is 28.3. The topological polar surface area (TPSA) is 102 Å². The van der Waals surface area contributed by atoms with Gasteiger partial charge in [-0.1, -0.05) is 36.4 Å². The van der Waals surface area contributed by atoms with Gasteiger partial charge in [-0.15, -0.1) is 0 Å². The number of phenols is 1. The zero-order valence-corrected chi connectivity index (χ0v) is 23.6. The second-order valence-corrected chi connectivity index (χ2v) is 13.0. The van der Waals surface area contributed by atoms with Crippen LogP contribution in [0.3, 0.4) is 0 Å². The van der Waals surface area contributed by atoms with Crippen molar-refractivity contribution in [1.82, 2.24) is 15.5 Å². The average Bonchev–Trinajstić information content (AvgIpc) is 3.31. The van der Waals surface area contributed by atoms with E-state index in [1.807, 2.05) is 62.9 Å². The lowest BCUT2D eigenvalue weighted by molar-refractivity contribution is -0.130. The van der Waals surface area contributed by atoms with Crippen molar-refractivity contribution in [3.8, 4) is 5.75 Å². The zero-order chi connectivity index (χ0) is 27.4. The van der Waals surface area contributed by atoms with Gasteiger partial charge in [-0.05, 0) is 76.3 Å². The van der Waals surface area contributed by atoms with Crippen molar-refractivity contribution in [2.24, 2.45) is 5.92 Å². The number of phenolic OH excluding ortho intramolecular Hbond substituents is 1. The van der Waals surface area contributed by atoms with Crippen LogP contribution in [0, 0.1) is 12.8 Å². The number of hydrogen-bond acceptors (Lipinski definition) is 6. The van der Waals surface area contributed by atoms with E-state index >= 15 is 0 Å². The monoisotopic (exact) mass is 539 g/mol. The van der Waals surface area contributed by atoms with Crippen LogP contribution in [-0.2, 0) is 11.2 Å². The Morgan fingerprint density at radius 2 is 1.87 bits per heavy atom. The standard InChI is InChI=1S/C30H41N3O4S/c1-19-22(11-8-12-25(19)34)28(36)31-23(15-20-9-6-5-7-10-20)26(35)18-33-17-21-13-14-38-27(21)16-24(33)29(37)32-30(2,3)4/h5-12,21,23-24,26-27,34-35H,13-18H2,1-4H3,(H,31,36)(H,32,37)/t21-,23+,24+,26-,27+/m1/s1. The van der Waals surface area contributed by atoms with E-state index in [0.29, 0.717) is 28.7 Å². The number of benzene rings is 2. The van der Waals surface area contributed by atoms with E-state index in [4.69, 9.17) is 0 Å². The number of carbonyl (C=O) groups is 2. The summed E-state index contributed by atoms with van der Waals surface area (Å²) < 4.78 is 0. The molecular formula is C30H41N3O4S. The number of aliphatic hydroxyl groups excluding tert-OH is 1. The Kier molecular flexibility index (Phi) is 9.06. The molecule has 2 aromatic carbocycles. The molecule has 4 rings (SSSR count). The maximum Gasteiger partial charge on any atom is 0.252 e. The highest BCUT2D eigenvalue weighted by molar-refractivity contribution is 8.00. The molecule has 2 aliphatic heterocycles. The minimum atomic E-state index is -0.896. The highest BCUT2D eigenvalue weighted by Gasteiger charge is 2.43. The Morgan fingerprint density at radius 1 is 1.13 bits per heavy atom. The van der Waals surface area contributed by atoms with Crippen LogP contribution in [0.1, 0.15) is 55.1 Å². The van der Waals surface area contributed by atoms with Gasteiger partial charge in [-0.2, -0.15) is 11.8 Å². The van der Waals surface area contributed by atoms with Gasteiger partial charge in [0.1, 0.15) is 5.75 Å². The average molecular weight is 540 g/mol. The van der Waals surface area contributed by atoms with E-state index in [2.05, 4.69) is 15.5 Å². The predicted molar refractivity (Wildman–Crippen MR) is 152 cm³/mol. The number of piperidine rings is 1. The van der Waals surface area contributed by atoms with Gasteiger partial charge < -0.3 is 20.8 Å². The fourth-order valence-electron chi connectivity index (χ4n) is 5.52. The quantitative estimate of drug-likeness (QED) is 0.410. The van der Waals surface area contributed by atoms with Crippen molar-refractivity contribution in [3.63, 3.8) is 0 Å². The number of nitrogens with zero attached hydrogens (tertiary/aromatic N) is 1. The Hall–Kier alpha value is -2.55.